The summed E-state index contributed by atoms with van der Waals surface area (Å²) in [5.74, 6) is -2.37. The number of hydrogen-bond donors (Lipinski definition) is 1. The molecule has 2 heterocycles. The molecule has 0 bridgehead atoms. The molecule has 0 atom stereocenters. The molecule has 7 heteroatoms. The summed E-state index contributed by atoms with van der Waals surface area (Å²) >= 11 is 0. The Morgan fingerprint density at radius 2 is 1.91 bits per heavy atom. The molecule has 2 aromatic heterocycles. The van der Waals surface area contributed by atoms with Gasteiger partial charge in [0.2, 0.25) is 0 Å². The van der Waals surface area contributed by atoms with Crippen LogP contribution in [-0.4, -0.2) is 15.9 Å². The molecule has 1 aromatic carbocycles. The molecular formula is C15H9F2N3O2. The predicted molar refractivity (Wildman–Crippen MR) is 74.0 cm³/mol. The molecular weight excluding hydrogens is 292 g/mol. The Hall–Kier alpha value is -3.09. The Labute approximate surface area is 123 Å². The highest BCUT2D eigenvalue weighted by Crippen LogP contribution is 2.20. The number of anilines is 1. The van der Waals surface area contributed by atoms with E-state index < -0.39 is 17.5 Å². The maximum Gasteiger partial charge on any atom is 0.301 e. The zero-order chi connectivity index (χ0) is 15.5. The molecule has 110 valence electrons. The molecule has 1 amide bonds. The van der Waals surface area contributed by atoms with Crippen molar-refractivity contribution < 1.29 is 18.0 Å². The van der Waals surface area contributed by atoms with Crippen molar-refractivity contribution in [3.8, 4) is 11.3 Å². The highest BCUT2D eigenvalue weighted by Gasteiger charge is 2.11. The largest absolute Gasteiger partial charge is 0.432 e. The predicted octanol–water partition coefficient (Wildman–Crippen LogP) is 3.27. The smallest absolute Gasteiger partial charge is 0.301 e. The van der Waals surface area contributed by atoms with Crippen LogP contribution in [0, 0.1) is 11.6 Å². The third kappa shape index (κ3) is 2.83. The molecule has 0 fully saturated rings. The average molecular weight is 301 g/mol. The lowest BCUT2D eigenvalue weighted by atomic mass is 10.1. The fraction of sp³-hybridized carbons (Fsp3) is 0. The lowest BCUT2D eigenvalue weighted by Crippen LogP contribution is -2.12. The summed E-state index contributed by atoms with van der Waals surface area (Å²) in [5.41, 5.74) is 0.997. The number of carbonyl (C=O) groups excluding carboxylic acids is 1. The SMILES string of the molecule is O=C(Nc1ncco1)c1ccnc(-c2ccc(F)c(F)c2)c1. The molecule has 3 rings (SSSR count). The summed E-state index contributed by atoms with van der Waals surface area (Å²) in [5, 5.41) is 2.46. The fourth-order valence-corrected chi connectivity index (χ4v) is 1.84. The van der Waals surface area contributed by atoms with Crippen LogP contribution >= 0.6 is 0 Å². The Balaban J connectivity index is 1.88. The first-order valence-corrected chi connectivity index (χ1v) is 6.26. The van der Waals surface area contributed by atoms with Crippen LogP contribution in [0.5, 0.6) is 0 Å². The number of pyridine rings is 1. The van der Waals surface area contributed by atoms with E-state index in [1.807, 2.05) is 0 Å². The summed E-state index contributed by atoms with van der Waals surface area (Å²) in [6.07, 6.45) is 4.13. The normalized spacial score (nSPS) is 10.5. The van der Waals surface area contributed by atoms with Crippen LogP contribution in [0.15, 0.2) is 53.4 Å². The van der Waals surface area contributed by atoms with Gasteiger partial charge in [-0.3, -0.25) is 15.1 Å². The van der Waals surface area contributed by atoms with Gasteiger partial charge >= 0.3 is 6.01 Å². The lowest BCUT2D eigenvalue weighted by molar-refractivity contribution is 0.102. The first-order valence-electron chi connectivity index (χ1n) is 6.26. The van der Waals surface area contributed by atoms with Crippen molar-refractivity contribution >= 4 is 11.9 Å². The highest BCUT2D eigenvalue weighted by molar-refractivity contribution is 6.03. The van der Waals surface area contributed by atoms with Gasteiger partial charge in [-0.2, -0.15) is 0 Å². The molecule has 0 aliphatic rings. The van der Waals surface area contributed by atoms with E-state index in [1.54, 1.807) is 0 Å². The second-order valence-electron chi connectivity index (χ2n) is 4.35. The van der Waals surface area contributed by atoms with Crippen molar-refractivity contribution in [1.29, 1.82) is 0 Å². The molecule has 0 saturated heterocycles. The Morgan fingerprint density at radius 3 is 2.64 bits per heavy atom. The van der Waals surface area contributed by atoms with E-state index in [9.17, 15) is 13.6 Å². The van der Waals surface area contributed by atoms with Gasteiger partial charge in [-0.15, -0.1) is 0 Å². The van der Waals surface area contributed by atoms with Crippen LogP contribution in [0.2, 0.25) is 0 Å². The monoisotopic (exact) mass is 301 g/mol. The van der Waals surface area contributed by atoms with E-state index in [0.717, 1.165) is 12.1 Å². The number of oxazole rings is 1. The molecule has 0 unspecified atom stereocenters. The number of hydrogen-bond acceptors (Lipinski definition) is 4. The van der Waals surface area contributed by atoms with Crippen LogP contribution in [0.25, 0.3) is 11.3 Å². The van der Waals surface area contributed by atoms with Crippen molar-refractivity contribution in [1.82, 2.24) is 9.97 Å². The Bertz CT molecular complexity index is 819. The molecule has 3 aromatic rings. The number of nitrogens with zero attached hydrogens (tertiary/aromatic N) is 2. The summed E-state index contributed by atoms with van der Waals surface area (Å²) in [6.45, 7) is 0. The summed E-state index contributed by atoms with van der Waals surface area (Å²) in [7, 11) is 0. The van der Waals surface area contributed by atoms with Gasteiger partial charge in [0.1, 0.15) is 6.26 Å². The quantitative estimate of drug-likeness (QED) is 0.806. The van der Waals surface area contributed by atoms with Gasteiger partial charge in [0.15, 0.2) is 11.6 Å². The lowest BCUT2D eigenvalue weighted by Gasteiger charge is -2.05. The minimum atomic E-state index is -0.978. The third-order valence-electron chi connectivity index (χ3n) is 2.89. The molecule has 0 spiro atoms. The third-order valence-corrected chi connectivity index (χ3v) is 2.89. The van der Waals surface area contributed by atoms with Crippen LogP contribution < -0.4 is 5.32 Å². The molecule has 0 aliphatic heterocycles. The van der Waals surface area contributed by atoms with Gasteiger partial charge in [-0.1, -0.05) is 0 Å². The van der Waals surface area contributed by atoms with E-state index in [-0.39, 0.29) is 11.6 Å². The minimum Gasteiger partial charge on any atom is -0.432 e. The number of carbonyl (C=O) groups is 1. The first kappa shape index (κ1) is 13.9. The number of amides is 1. The molecule has 0 radical (unpaired) electrons. The maximum absolute atomic E-state index is 13.3. The van der Waals surface area contributed by atoms with Gasteiger partial charge in [0.05, 0.1) is 11.9 Å². The molecule has 5 nitrogen and oxygen atoms in total. The van der Waals surface area contributed by atoms with Gasteiger partial charge in [0.25, 0.3) is 5.91 Å². The number of halogens is 2. The number of rotatable bonds is 3. The van der Waals surface area contributed by atoms with Gasteiger partial charge in [-0.25, -0.2) is 13.8 Å². The highest BCUT2D eigenvalue weighted by atomic mass is 19.2. The van der Waals surface area contributed by atoms with Crippen molar-refractivity contribution in [2.45, 2.75) is 0 Å². The average Bonchev–Trinajstić information content (AvgIpc) is 3.03. The van der Waals surface area contributed by atoms with Gasteiger partial charge in [0, 0.05) is 17.3 Å². The number of aromatic nitrogens is 2. The van der Waals surface area contributed by atoms with Crippen molar-refractivity contribution in [3.63, 3.8) is 0 Å². The van der Waals surface area contributed by atoms with Crippen molar-refractivity contribution in [3.05, 3.63) is 66.2 Å². The molecule has 1 N–H and O–H groups in total. The van der Waals surface area contributed by atoms with Crippen LogP contribution in [0.4, 0.5) is 14.8 Å². The van der Waals surface area contributed by atoms with Crippen molar-refractivity contribution in [2.24, 2.45) is 0 Å². The minimum absolute atomic E-state index is 0.0659. The first-order chi connectivity index (χ1) is 10.6. The van der Waals surface area contributed by atoms with E-state index >= 15 is 0 Å². The molecule has 0 saturated carbocycles. The van der Waals surface area contributed by atoms with Crippen LogP contribution in [-0.2, 0) is 0 Å². The zero-order valence-electron chi connectivity index (χ0n) is 11.1. The number of nitrogens with one attached hydrogen (secondary N) is 1. The van der Waals surface area contributed by atoms with E-state index in [0.29, 0.717) is 11.3 Å². The topological polar surface area (TPSA) is 68.0 Å². The van der Waals surface area contributed by atoms with Crippen molar-refractivity contribution in [2.75, 3.05) is 5.32 Å². The summed E-state index contributed by atoms with van der Waals surface area (Å²) in [4.78, 5) is 19.9. The fourth-order valence-electron chi connectivity index (χ4n) is 1.84. The summed E-state index contributed by atoms with van der Waals surface area (Å²) in [6, 6.07) is 6.43. The second-order valence-corrected chi connectivity index (χ2v) is 4.35. The Morgan fingerprint density at radius 1 is 1.05 bits per heavy atom. The second kappa shape index (κ2) is 5.72. The Kier molecular flexibility index (Phi) is 3.61. The van der Waals surface area contributed by atoms with Gasteiger partial charge in [-0.05, 0) is 30.3 Å². The van der Waals surface area contributed by atoms with Gasteiger partial charge < -0.3 is 4.42 Å². The zero-order valence-corrected chi connectivity index (χ0v) is 11.1. The maximum atomic E-state index is 13.3. The standard InChI is InChI=1S/C15H9F2N3O2/c16-11-2-1-9(7-12(11)17)13-8-10(3-4-18-13)14(21)20-15-19-5-6-22-15/h1-8H,(H,19,20,21). The van der Waals surface area contributed by atoms with Crippen LogP contribution in [0.1, 0.15) is 10.4 Å². The van der Waals surface area contributed by atoms with Crippen LogP contribution in [0.3, 0.4) is 0 Å². The number of benzene rings is 1. The van der Waals surface area contributed by atoms with E-state index in [1.165, 1.54) is 36.9 Å². The molecule has 22 heavy (non-hydrogen) atoms. The summed E-state index contributed by atoms with van der Waals surface area (Å²) < 4.78 is 31.1. The molecule has 0 aliphatic carbocycles. The van der Waals surface area contributed by atoms with E-state index in [4.69, 9.17) is 4.42 Å². The van der Waals surface area contributed by atoms with E-state index in [2.05, 4.69) is 15.3 Å².